The Kier molecular flexibility index (Phi) is 5.02. The van der Waals surface area contributed by atoms with Crippen LogP contribution in [0.3, 0.4) is 0 Å². The molecule has 0 aliphatic carbocycles. The van der Waals surface area contributed by atoms with Gasteiger partial charge in [0.05, 0.1) is 13.7 Å². The lowest BCUT2D eigenvalue weighted by Crippen LogP contribution is -2.31. The van der Waals surface area contributed by atoms with E-state index in [9.17, 15) is 4.79 Å². The smallest absolute Gasteiger partial charge is 0.242 e. The fourth-order valence-electron chi connectivity index (χ4n) is 1.96. The van der Waals surface area contributed by atoms with Crippen molar-refractivity contribution in [2.45, 2.75) is 6.54 Å². The minimum atomic E-state index is -0.124. The van der Waals surface area contributed by atoms with Crippen molar-refractivity contribution in [3.8, 4) is 5.75 Å². The van der Waals surface area contributed by atoms with Gasteiger partial charge in [-0.2, -0.15) is 0 Å². The normalized spacial score (nSPS) is 10.1. The lowest BCUT2D eigenvalue weighted by atomic mass is 10.2. The minimum absolute atomic E-state index is 0.0428. The standard InChI is InChI=1S/C16H16ClNO2/c1-20-15-9-5-6-13(10-15)12-18(16(19)11-17)14-7-3-2-4-8-14/h2-10H,11-12H2,1H3. The molecule has 0 aliphatic heterocycles. The van der Waals surface area contributed by atoms with Gasteiger partial charge in [0.15, 0.2) is 0 Å². The zero-order chi connectivity index (χ0) is 14.4. The van der Waals surface area contributed by atoms with Crippen molar-refractivity contribution in [1.82, 2.24) is 0 Å². The largest absolute Gasteiger partial charge is 0.497 e. The van der Waals surface area contributed by atoms with Gasteiger partial charge in [0.1, 0.15) is 11.6 Å². The maximum absolute atomic E-state index is 12.0. The summed E-state index contributed by atoms with van der Waals surface area (Å²) in [6.07, 6.45) is 0. The van der Waals surface area contributed by atoms with Gasteiger partial charge in [0.2, 0.25) is 5.91 Å². The van der Waals surface area contributed by atoms with Crippen LogP contribution in [0.5, 0.6) is 5.75 Å². The fourth-order valence-corrected chi connectivity index (χ4v) is 2.10. The third-order valence-electron chi connectivity index (χ3n) is 2.96. The number of amides is 1. The van der Waals surface area contributed by atoms with Crippen molar-refractivity contribution in [2.24, 2.45) is 0 Å². The second-order valence-corrected chi connectivity index (χ2v) is 4.57. The molecular weight excluding hydrogens is 274 g/mol. The first-order valence-corrected chi connectivity index (χ1v) is 6.82. The van der Waals surface area contributed by atoms with Gasteiger partial charge in [-0.3, -0.25) is 4.79 Å². The molecule has 0 bridgehead atoms. The average Bonchev–Trinajstić information content (AvgIpc) is 2.53. The minimum Gasteiger partial charge on any atom is -0.497 e. The number of alkyl halides is 1. The fraction of sp³-hybridized carbons (Fsp3) is 0.188. The molecule has 1 amide bonds. The van der Waals surface area contributed by atoms with Gasteiger partial charge in [-0.05, 0) is 29.8 Å². The third-order valence-corrected chi connectivity index (χ3v) is 3.19. The van der Waals surface area contributed by atoms with E-state index < -0.39 is 0 Å². The van der Waals surface area contributed by atoms with Crippen LogP contribution in [0, 0.1) is 0 Å². The quantitative estimate of drug-likeness (QED) is 0.789. The highest BCUT2D eigenvalue weighted by Gasteiger charge is 2.15. The maximum atomic E-state index is 12.0. The Morgan fingerprint density at radius 3 is 2.55 bits per heavy atom. The number of carbonyl (C=O) groups is 1. The number of ether oxygens (including phenoxy) is 1. The van der Waals surface area contributed by atoms with Gasteiger partial charge in [-0.1, -0.05) is 30.3 Å². The van der Waals surface area contributed by atoms with Crippen molar-refractivity contribution in [1.29, 1.82) is 0 Å². The number of benzene rings is 2. The summed E-state index contributed by atoms with van der Waals surface area (Å²) in [7, 11) is 1.62. The number of halogens is 1. The lowest BCUT2D eigenvalue weighted by Gasteiger charge is -2.22. The average molecular weight is 290 g/mol. The molecule has 0 radical (unpaired) electrons. The van der Waals surface area contributed by atoms with Gasteiger partial charge in [-0.15, -0.1) is 11.6 Å². The van der Waals surface area contributed by atoms with Gasteiger partial charge < -0.3 is 9.64 Å². The van der Waals surface area contributed by atoms with Gasteiger partial charge in [0, 0.05) is 5.69 Å². The molecule has 0 aliphatic rings. The Labute approximate surface area is 123 Å². The number of anilines is 1. The van der Waals surface area contributed by atoms with E-state index in [1.807, 2.05) is 54.6 Å². The topological polar surface area (TPSA) is 29.5 Å². The molecule has 104 valence electrons. The molecule has 0 aromatic heterocycles. The van der Waals surface area contributed by atoms with Crippen LogP contribution in [0.4, 0.5) is 5.69 Å². The van der Waals surface area contributed by atoms with Crippen LogP contribution in [0.2, 0.25) is 0 Å². The van der Waals surface area contributed by atoms with E-state index in [2.05, 4.69) is 0 Å². The molecule has 0 saturated carbocycles. The van der Waals surface area contributed by atoms with E-state index in [0.29, 0.717) is 6.54 Å². The molecule has 3 nitrogen and oxygen atoms in total. The lowest BCUT2D eigenvalue weighted by molar-refractivity contribution is -0.116. The first-order chi connectivity index (χ1) is 9.74. The van der Waals surface area contributed by atoms with Gasteiger partial charge >= 0.3 is 0 Å². The summed E-state index contributed by atoms with van der Waals surface area (Å²) < 4.78 is 5.20. The molecule has 0 heterocycles. The monoisotopic (exact) mass is 289 g/mol. The number of para-hydroxylation sites is 1. The highest BCUT2D eigenvalue weighted by Crippen LogP contribution is 2.20. The Balaban J connectivity index is 2.26. The zero-order valence-electron chi connectivity index (χ0n) is 11.3. The predicted molar refractivity (Wildman–Crippen MR) is 81.3 cm³/mol. The van der Waals surface area contributed by atoms with E-state index in [0.717, 1.165) is 17.0 Å². The molecular formula is C16H16ClNO2. The second-order valence-electron chi connectivity index (χ2n) is 4.30. The summed E-state index contributed by atoms with van der Waals surface area (Å²) in [6, 6.07) is 17.2. The van der Waals surface area contributed by atoms with E-state index in [1.54, 1.807) is 12.0 Å². The van der Waals surface area contributed by atoms with E-state index in [1.165, 1.54) is 0 Å². The number of nitrogens with zero attached hydrogens (tertiary/aromatic N) is 1. The predicted octanol–water partition coefficient (Wildman–Crippen LogP) is 3.47. The maximum Gasteiger partial charge on any atom is 0.242 e. The van der Waals surface area contributed by atoms with Crippen LogP contribution in [0.1, 0.15) is 5.56 Å². The molecule has 20 heavy (non-hydrogen) atoms. The molecule has 0 spiro atoms. The SMILES string of the molecule is COc1cccc(CN(C(=O)CCl)c2ccccc2)c1. The van der Waals surface area contributed by atoms with Gasteiger partial charge in [0.25, 0.3) is 0 Å². The van der Waals surface area contributed by atoms with Crippen LogP contribution in [0.25, 0.3) is 0 Å². The molecule has 4 heteroatoms. The molecule has 0 saturated heterocycles. The van der Waals surface area contributed by atoms with Crippen LogP contribution in [-0.2, 0) is 11.3 Å². The molecule has 2 aromatic rings. The van der Waals surface area contributed by atoms with Crippen LogP contribution in [0.15, 0.2) is 54.6 Å². The molecule has 0 fully saturated rings. The molecule has 0 atom stereocenters. The van der Waals surface area contributed by atoms with Crippen molar-refractivity contribution in [3.05, 3.63) is 60.2 Å². The van der Waals surface area contributed by atoms with Crippen LogP contribution >= 0.6 is 11.6 Å². The van der Waals surface area contributed by atoms with Crippen LogP contribution in [-0.4, -0.2) is 18.9 Å². The number of rotatable bonds is 5. The Morgan fingerprint density at radius 2 is 1.90 bits per heavy atom. The molecule has 0 unspecified atom stereocenters. The number of carbonyl (C=O) groups excluding carboxylic acids is 1. The number of hydrogen-bond donors (Lipinski definition) is 0. The number of hydrogen-bond acceptors (Lipinski definition) is 2. The summed E-state index contributed by atoms with van der Waals surface area (Å²) in [4.78, 5) is 13.7. The first-order valence-electron chi connectivity index (χ1n) is 6.29. The zero-order valence-corrected chi connectivity index (χ0v) is 12.0. The van der Waals surface area contributed by atoms with Crippen LogP contribution < -0.4 is 9.64 Å². The van der Waals surface area contributed by atoms with Crippen molar-refractivity contribution < 1.29 is 9.53 Å². The Morgan fingerprint density at radius 1 is 1.15 bits per heavy atom. The summed E-state index contributed by atoms with van der Waals surface area (Å²) in [5, 5.41) is 0. The summed E-state index contributed by atoms with van der Waals surface area (Å²) >= 11 is 5.71. The summed E-state index contributed by atoms with van der Waals surface area (Å²) in [6.45, 7) is 0.465. The number of methoxy groups -OCH3 is 1. The summed E-state index contributed by atoms with van der Waals surface area (Å²) in [5.41, 5.74) is 1.83. The summed E-state index contributed by atoms with van der Waals surface area (Å²) in [5.74, 6) is 0.605. The van der Waals surface area contributed by atoms with E-state index in [-0.39, 0.29) is 11.8 Å². The molecule has 2 rings (SSSR count). The highest BCUT2D eigenvalue weighted by atomic mass is 35.5. The Hall–Kier alpha value is -2.00. The van der Waals surface area contributed by atoms with Crippen molar-refractivity contribution >= 4 is 23.2 Å². The highest BCUT2D eigenvalue weighted by molar-refractivity contribution is 6.29. The van der Waals surface area contributed by atoms with Crippen molar-refractivity contribution in [3.63, 3.8) is 0 Å². The molecule has 0 N–H and O–H groups in total. The Bertz CT molecular complexity index is 572. The third kappa shape index (κ3) is 3.52. The van der Waals surface area contributed by atoms with Gasteiger partial charge in [-0.25, -0.2) is 0 Å². The van der Waals surface area contributed by atoms with E-state index in [4.69, 9.17) is 16.3 Å². The second kappa shape index (κ2) is 6.96. The first kappa shape index (κ1) is 14.4. The van der Waals surface area contributed by atoms with E-state index >= 15 is 0 Å². The van der Waals surface area contributed by atoms with Crippen molar-refractivity contribution in [2.75, 3.05) is 17.9 Å². The molecule has 2 aromatic carbocycles.